The fraction of sp³-hybridized carbons (Fsp3) is 0.545. The van der Waals surface area contributed by atoms with Crippen molar-refractivity contribution >= 4 is 28.3 Å². The maximum Gasteiger partial charge on any atom is 0.247 e. The quantitative estimate of drug-likeness (QED) is 0.792. The van der Waals surface area contributed by atoms with E-state index >= 15 is 0 Å². The van der Waals surface area contributed by atoms with Gasteiger partial charge in [-0.1, -0.05) is 61.0 Å². The van der Waals surface area contributed by atoms with Gasteiger partial charge in [-0.25, -0.2) is 0 Å². The van der Waals surface area contributed by atoms with Gasteiger partial charge >= 0.3 is 0 Å². The highest BCUT2D eigenvalue weighted by molar-refractivity contribution is 7.10. The van der Waals surface area contributed by atoms with Gasteiger partial charge < -0.3 is 10.2 Å². The monoisotopic (exact) mass is 412 g/mol. The number of likely N-dealkylation sites (tertiary alicyclic amines) is 1. The highest BCUT2D eigenvalue weighted by atomic mass is 32.1. The van der Waals surface area contributed by atoms with Crippen LogP contribution >= 0.6 is 11.5 Å². The van der Waals surface area contributed by atoms with E-state index in [1.54, 1.807) is 0 Å². The maximum atomic E-state index is 13.2. The average Bonchev–Trinajstić information content (AvgIpc) is 3.43. The molecular weight excluding hydrogens is 384 g/mol. The van der Waals surface area contributed by atoms with E-state index < -0.39 is 6.04 Å². The van der Waals surface area contributed by atoms with Crippen molar-refractivity contribution in [2.45, 2.75) is 57.9 Å². The van der Waals surface area contributed by atoms with Crippen LogP contribution in [0.25, 0.3) is 11.3 Å². The molecule has 1 aliphatic heterocycles. The van der Waals surface area contributed by atoms with Crippen molar-refractivity contribution in [3.8, 4) is 11.3 Å². The lowest BCUT2D eigenvalue weighted by Gasteiger charge is -2.32. The predicted molar refractivity (Wildman–Crippen MR) is 114 cm³/mol. The van der Waals surface area contributed by atoms with Crippen molar-refractivity contribution in [2.75, 3.05) is 11.9 Å². The highest BCUT2D eigenvalue weighted by Gasteiger charge is 2.38. The Hall–Kier alpha value is -2.28. The summed E-state index contributed by atoms with van der Waals surface area (Å²) in [6.07, 6.45) is 7.54. The minimum absolute atomic E-state index is 0.00588. The number of nitrogens with zero attached hydrogens (tertiary/aromatic N) is 3. The molecule has 1 aromatic heterocycles. The molecule has 0 spiro atoms. The summed E-state index contributed by atoms with van der Waals surface area (Å²) in [4.78, 5) is 28.0. The van der Waals surface area contributed by atoms with Crippen LogP contribution in [0.1, 0.15) is 51.9 Å². The van der Waals surface area contributed by atoms with Crippen LogP contribution < -0.4 is 5.32 Å². The molecule has 1 N–H and O–H groups in total. The topological polar surface area (TPSA) is 75.2 Å². The molecule has 1 saturated carbocycles. The zero-order valence-corrected chi connectivity index (χ0v) is 17.7. The van der Waals surface area contributed by atoms with Crippen LogP contribution in [0.3, 0.4) is 0 Å². The van der Waals surface area contributed by atoms with E-state index in [-0.39, 0.29) is 17.7 Å². The molecule has 0 unspecified atom stereocenters. The number of carbonyl (C=O) groups excluding carboxylic acids is 2. The van der Waals surface area contributed by atoms with Crippen LogP contribution in [0, 0.1) is 11.8 Å². The summed E-state index contributed by atoms with van der Waals surface area (Å²) in [7, 11) is 0. The van der Waals surface area contributed by atoms with Crippen molar-refractivity contribution in [3.05, 3.63) is 30.3 Å². The number of hydrogen-bond acceptors (Lipinski definition) is 5. The van der Waals surface area contributed by atoms with Crippen LogP contribution in [0.15, 0.2) is 30.3 Å². The summed E-state index contributed by atoms with van der Waals surface area (Å²) in [5.74, 6) is 0.458. The van der Waals surface area contributed by atoms with E-state index in [4.69, 9.17) is 0 Å². The Morgan fingerprint density at radius 3 is 2.62 bits per heavy atom. The van der Waals surface area contributed by atoms with Gasteiger partial charge in [0.2, 0.25) is 11.8 Å². The molecule has 1 saturated heterocycles. The van der Waals surface area contributed by atoms with Crippen LogP contribution in [0.5, 0.6) is 0 Å². The first-order valence-corrected chi connectivity index (χ1v) is 11.4. The first kappa shape index (κ1) is 20.0. The number of aromatic nitrogens is 2. The second kappa shape index (κ2) is 9.03. The van der Waals surface area contributed by atoms with Gasteiger partial charge in [0.25, 0.3) is 0 Å². The standard InChI is InChI=1S/C22H28N4O2S/c1-15(16-9-4-2-5-10-16)22(28)26-14-8-13-18(26)20(27)23-21-19(24-25-29-21)17-11-6-3-7-12-17/h3,6-7,11-12,15-16,18H,2,4-5,8-10,13-14H2,1H3,(H,23,27)/t15-,18-/m0/s1. The lowest BCUT2D eigenvalue weighted by Crippen LogP contribution is -2.46. The lowest BCUT2D eigenvalue weighted by atomic mass is 9.80. The summed E-state index contributed by atoms with van der Waals surface area (Å²) >= 11 is 1.17. The fourth-order valence-corrected chi connectivity index (χ4v) is 5.25. The normalized spacial score (nSPS) is 21.1. The minimum atomic E-state index is -0.403. The second-order valence-corrected chi connectivity index (χ2v) is 8.94. The zero-order chi connectivity index (χ0) is 20.2. The van der Waals surface area contributed by atoms with E-state index in [0.29, 0.717) is 29.6 Å². The number of carbonyl (C=O) groups is 2. The van der Waals surface area contributed by atoms with Gasteiger partial charge in [-0.3, -0.25) is 9.59 Å². The first-order valence-electron chi connectivity index (χ1n) is 10.6. The third-order valence-corrected chi connectivity index (χ3v) is 7.00. The van der Waals surface area contributed by atoms with Crippen molar-refractivity contribution < 1.29 is 9.59 Å². The molecule has 2 fully saturated rings. The molecule has 1 aliphatic carbocycles. The Bertz CT molecular complexity index is 848. The molecule has 2 atom stereocenters. The van der Waals surface area contributed by atoms with Gasteiger partial charge in [-0.15, -0.1) is 5.10 Å². The third kappa shape index (κ3) is 4.34. The van der Waals surface area contributed by atoms with Gasteiger partial charge in [0.05, 0.1) is 0 Å². The van der Waals surface area contributed by atoms with Crippen molar-refractivity contribution in [3.63, 3.8) is 0 Å². The summed E-state index contributed by atoms with van der Waals surface area (Å²) in [6, 6.07) is 9.30. The summed E-state index contributed by atoms with van der Waals surface area (Å²) in [6.45, 7) is 2.71. The molecule has 2 aliphatic rings. The van der Waals surface area contributed by atoms with Gasteiger partial charge in [0, 0.05) is 29.6 Å². The molecule has 2 aromatic rings. The maximum absolute atomic E-state index is 13.2. The Labute approximate surface area is 175 Å². The van der Waals surface area contributed by atoms with E-state index in [1.165, 1.54) is 30.8 Å². The Kier molecular flexibility index (Phi) is 6.23. The minimum Gasteiger partial charge on any atom is -0.330 e. The number of benzene rings is 1. The summed E-state index contributed by atoms with van der Waals surface area (Å²) in [5.41, 5.74) is 1.59. The number of hydrogen-bond donors (Lipinski definition) is 1. The van der Waals surface area contributed by atoms with Crippen LogP contribution in [0.4, 0.5) is 5.00 Å². The number of nitrogens with one attached hydrogen (secondary N) is 1. The predicted octanol–water partition coefficient (Wildman–Crippen LogP) is 4.35. The zero-order valence-electron chi connectivity index (χ0n) is 16.8. The average molecular weight is 413 g/mol. The van der Waals surface area contributed by atoms with Crippen LogP contribution in [-0.2, 0) is 9.59 Å². The van der Waals surface area contributed by atoms with Crippen molar-refractivity contribution in [2.24, 2.45) is 11.8 Å². The molecular formula is C22H28N4O2S. The first-order chi connectivity index (χ1) is 14.1. The molecule has 154 valence electrons. The molecule has 0 radical (unpaired) electrons. The van der Waals surface area contributed by atoms with Gasteiger partial charge in [0.15, 0.2) is 0 Å². The number of anilines is 1. The van der Waals surface area contributed by atoms with E-state index in [0.717, 1.165) is 24.8 Å². The Morgan fingerprint density at radius 1 is 1.10 bits per heavy atom. The largest absolute Gasteiger partial charge is 0.330 e. The van der Waals surface area contributed by atoms with Crippen molar-refractivity contribution in [1.82, 2.24) is 14.5 Å². The molecule has 2 amide bonds. The lowest BCUT2D eigenvalue weighted by molar-refractivity contribution is -0.141. The third-order valence-electron chi connectivity index (χ3n) is 6.36. The highest BCUT2D eigenvalue weighted by Crippen LogP contribution is 2.33. The smallest absolute Gasteiger partial charge is 0.247 e. The molecule has 7 heteroatoms. The van der Waals surface area contributed by atoms with Gasteiger partial charge in [0.1, 0.15) is 16.7 Å². The number of rotatable bonds is 5. The van der Waals surface area contributed by atoms with Gasteiger partial charge in [-0.2, -0.15) is 0 Å². The molecule has 29 heavy (non-hydrogen) atoms. The summed E-state index contributed by atoms with van der Waals surface area (Å²) < 4.78 is 4.02. The fourth-order valence-electron chi connectivity index (χ4n) is 4.65. The van der Waals surface area contributed by atoms with Crippen LogP contribution in [0.2, 0.25) is 0 Å². The second-order valence-electron chi connectivity index (χ2n) is 8.18. The molecule has 6 nitrogen and oxygen atoms in total. The number of amides is 2. The van der Waals surface area contributed by atoms with Crippen LogP contribution in [-0.4, -0.2) is 38.9 Å². The molecule has 2 heterocycles. The van der Waals surface area contributed by atoms with E-state index in [1.807, 2.05) is 42.2 Å². The molecule has 4 rings (SSSR count). The molecule has 1 aromatic carbocycles. The molecule has 0 bridgehead atoms. The Balaban J connectivity index is 1.45. The van der Waals surface area contributed by atoms with Crippen molar-refractivity contribution in [1.29, 1.82) is 0 Å². The van der Waals surface area contributed by atoms with E-state index in [2.05, 4.69) is 14.9 Å². The summed E-state index contributed by atoms with van der Waals surface area (Å²) in [5, 5.41) is 7.82. The van der Waals surface area contributed by atoms with E-state index in [9.17, 15) is 9.59 Å². The SMILES string of the molecule is C[C@H](C(=O)N1CCC[C@H]1C(=O)Nc1snnc1-c1ccccc1)C1CCCCC1. The van der Waals surface area contributed by atoms with Gasteiger partial charge in [-0.05, 0) is 31.6 Å². The Morgan fingerprint density at radius 2 is 1.86 bits per heavy atom.